The van der Waals surface area contributed by atoms with Gasteiger partial charge in [0.05, 0.1) is 10.6 Å². The minimum Gasteiger partial charge on any atom is -0.354 e. The average Bonchev–Trinajstić information content (AvgIpc) is 3.03. The topological polar surface area (TPSA) is 86.8 Å². The zero-order valence-electron chi connectivity index (χ0n) is 26.9. The van der Waals surface area contributed by atoms with E-state index in [4.69, 9.17) is 11.6 Å². The normalized spacial score (nSPS) is 11.9. The molecule has 1 unspecified atom stereocenters. The van der Waals surface area contributed by atoms with Crippen molar-refractivity contribution in [2.75, 3.05) is 17.4 Å². The van der Waals surface area contributed by atoms with Crippen molar-refractivity contribution in [3.8, 4) is 0 Å². The number of hydrogen-bond donors (Lipinski definition) is 1. The quantitative estimate of drug-likeness (QED) is 0.148. The van der Waals surface area contributed by atoms with Crippen LogP contribution >= 0.6 is 11.6 Å². The van der Waals surface area contributed by atoms with E-state index in [0.29, 0.717) is 22.8 Å². The van der Waals surface area contributed by atoms with Crippen LogP contribution in [-0.2, 0) is 32.6 Å². The Morgan fingerprint density at radius 2 is 1.48 bits per heavy atom. The van der Waals surface area contributed by atoms with Gasteiger partial charge in [-0.25, -0.2) is 8.42 Å². The molecule has 7 nitrogen and oxygen atoms in total. The van der Waals surface area contributed by atoms with Gasteiger partial charge in [-0.2, -0.15) is 0 Å². The lowest BCUT2D eigenvalue weighted by molar-refractivity contribution is -0.140. The fraction of sp³-hybridized carbons (Fsp3) is 0.297. The van der Waals surface area contributed by atoms with Gasteiger partial charge in [-0.05, 0) is 74.2 Å². The van der Waals surface area contributed by atoms with E-state index in [2.05, 4.69) is 5.32 Å². The van der Waals surface area contributed by atoms with Crippen LogP contribution in [0, 0.1) is 20.8 Å². The third-order valence-electron chi connectivity index (χ3n) is 7.88. The van der Waals surface area contributed by atoms with Crippen molar-refractivity contribution in [2.45, 2.75) is 64.4 Å². The second kappa shape index (κ2) is 15.9. The number of anilines is 1. The van der Waals surface area contributed by atoms with Gasteiger partial charge < -0.3 is 10.2 Å². The summed E-state index contributed by atoms with van der Waals surface area (Å²) < 4.78 is 29.7. The largest absolute Gasteiger partial charge is 0.354 e. The molecule has 1 atom stereocenters. The Hall–Kier alpha value is -4.14. The van der Waals surface area contributed by atoms with Crippen molar-refractivity contribution in [2.24, 2.45) is 0 Å². The Bertz CT molecular complexity index is 1730. The number of nitrogens with one attached hydrogen (secondary N) is 1. The van der Waals surface area contributed by atoms with E-state index in [1.807, 2.05) is 82.3 Å². The number of benzene rings is 4. The SMILES string of the molecule is CCCCNC(=O)C(Cc1ccccc1)N(Cc1ccc(Cl)cc1)C(=O)CN(c1ccc(C)cc1C)S(=O)(=O)c1ccc(C)cc1. The van der Waals surface area contributed by atoms with Crippen molar-refractivity contribution >= 4 is 39.1 Å². The van der Waals surface area contributed by atoms with Gasteiger partial charge in [-0.3, -0.25) is 13.9 Å². The van der Waals surface area contributed by atoms with E-state index >= 15 is 0 Å². The predicted octanol–water partition coefficient (Wildman–Crippen LogP) is 7.02. The smallest absolute Gasteiger partial charge is 0.264 e. The van der Waals surface area contributed by atoms with E-state index in [1.165, 1.54) is 4.90 Å². The van der Waals surface area contributed by atoms with Gasteiger partial charge in [0, 0.05) is 24.5 Å². The zero-order chi connectivity index (χ0) is 33.3. The summed E-state index contributed by atoms with van der Waals surface area (Å²) in [7, 11) is -4.17. The van der Waals surface area contributed by atoms with Crippen LogP contribution in [0.5, 0.6) is 0 Å². The monoisotopic (exact) mass is 659 g/mol. The molecule has 0 heterocycles. The summed E-state index contributed by atoms with van der Waals surface area (Å²) in [5, 5.41) is 3.56. The standard InChI is InChI=1S/C37H42ClN3O4S/c1-5-6-22-39-37(43)35(24-30-10-8-7-9-11-30)40(25-31-15-17-32(38)18-16-31)36(42)26-41(34-21-14-28(3)23-29(34)4)46(44,45)33-19-12-27(2)13-20-33/h7-21,23,35H,5-6,22,24-26H2,1-4H3,(H,39,43). The van der Waals surface area contributed by atoms with Gasteiger partial charge in [0.25, 0.3) is 10.0 Å². The number of unbranched alkanes of at least 4 members (excludes halogenated alkanes) is 1. The third kappa shape index (κ3) is 8.98. The molecule has 0 saturated carbocycles. The highest BCUT2D eigenvalue weighted by Crippen LogP contribution is 2.29. The molecule has 242 valence electrons. The summed E-state index contributed by atoms with van der Waals surface area (Å²) in [5.74, 6) is -0.795. The van der Waals surface area contributed by atoms with Crippen LogP contribution in [0.2, 0.25) is 5.02 Å². The Balaban J connectivity index is 1.81. The fourth-order valence-electron chi connectivity index (χ4n) is 5.28. The lowest BCUT2D eigenvalue weighted by atomic mass is 10.0. The number of amides is 2. The fourth-order valence-corrected chi connectivity index (χ4v) is 6.89. The molecular weight excluding hydrogens is 618 g/mol. The molecule has 1 N–H and O–H groups in total. The summed E-state index contributed by atoms with van der Waals surface area (Å²) >= 11 is 6.16. The van der Waals surface area contributed by atoms with E-state index in [1.54, 1.807) is 42.5 Å². The van der Waals surface area contributed by atoms with Crippen LogP contribution < -0.4 is 9.62 Å². The van der Waals surface area contributed by atoms with Crippen LogP contribution in [0.25, 0.3) is 0 Å². The number of aryl methyl sites for hydroxylation is 3. The van der Waals surface area contributed by atoms with E-state index in [9.17, 15) is 18.0 Å². The number of halogens is 1. The molecule has 46 heavy (non-hydrogen) atoms. The summed E-state index contributed by atoms with van der Waals surface area (Å²) in [5.41, 5.74) is 4.64. The molecule has 2 amide bonds. The number of hydrogen-bond acceptors (Lipinski definition) is 4. The first-order chi connectivity index (χ1) is 22.0. The molecule has 9 heteroatoms. The maximum atomic E-state index is 14.6. The van der Waals surface area contributed by atoms with Gasteiger partial charge in [-0.15, -0.1) is 0 Å². The number of rotatable bonds is 14. The molecule has 0 aliphatic carbocycles. The Labute approximate surface area is 278 Å². The number of nitrogens with zero attached hydrogens (tertiary/aromatic N) is 2. The first-order valence-electron chi connectivity index (χ1n) is 15.5. The van der Waals surface area contributed by atoms with Crippen molar-refractivity contribution in [3.63, 3.8) is 0 Å². The van der Waals surface area contributed by atoms with Crippen LogP contribution in [0.4, 0.5) is 5.69 Å². The summed E-state index contributed by atoms with van der Waals surface area (Å²) in [6.45, 7) is 7.74. The molecule has 0 fully saturated rings. The maximum Gasteiger partial charge on any atom is 0.264 e. The molecule has 0 radical (unpaired) electrons. The molecule has 4 rings (SSSR count). The van der Waals surface area contributed by atoms with E-state index in [-0.39, 0.29) is 23.8 Å². The molecule has 0 bridgehead atoms. The Morgan fingerprint density at radius 3 is 2.11 bits per heavy atom. The summed E-state index contributed by atoms with van der Waals surface area (Å²) in [6, 6.07) is 27.7. The first kappa shape index (κ1) is 34.7. The van der Waals surface area contributed by atoms with E-state index < -0.39 is 28.5 Å². The highest BCUT2D eigenvalue weighted by molar-refractivity contribution is 7.92. The Kier molecular flexibility index (Phi) is 12.0. The summed E-state index contributed by atoms with van der Waals surface area (Å²) in [6.07, 6.45) is 1.95. The van der Waals surface area contributed by atoms with Crippen molar-refractivity contribution < 1.29 is 18.0 Å². The minimum atomic E-state index is -4.17. The molecule has 0 saturated heterocycles. The second-order valence-electron chi connectivity index (χ2n) is 11.6. The molecule has 4 aromatic rings. The number of carbonyl (C=O) groups is 2. The third-order valence-corrected chi connectivity index (χ3v) is 9.90. The minimum absolute atomic E-state index is 0.0771. The Morgan fingerprint density at radius 1 is 0.826 bits per heavy atom. The van der Waals surface area contributed by atoms with Crippen LogP contribution in [0.1, 0.15) is 47.6 Å². The molecular formula is C37H42ClN3O4S. The van der Waals surface area contributed by atoms with Crippen LogP contribution in [0.3, 0.4) is 0 Å². The molecule has 0 aliphatic rings. The molecule has 0 aliphatic heterocycles. The average molecular weight is 660 g/mol. The number of carbonyl (C=O) groups excluding carboxylic acids is 2. The van der Waals surface area contributed by atoms with Crippen molar-refractivity contribution in [1.82, 2.24) is 10.2 Å². The molecule has 0 aromatic heterocycles. The van der Waals surface area contributed by atoms with Gasteiger partial charge in [-0.1, -0.05) is 103 Å². The van der Waals surface area contributed by atoms with Gasteiger partial charge in [0.1, 0.15) is 12.6 Å². The molecule has 0 spiro atoms. The van der Waals surface area contributed by atoms with Gasteiger partial charge >= 0.3 is 0 Å². The zero-order valence-corrected chi connectivity index (χ0v) is 28.4. The van der Waals surface area contributed by atoms with Crippen LogP contribution in [0.15, 0.2) is 102 Å². The van der Waals surface area contributed by atoms with Crippen LogP contribution in [-0.4, -0.2) is 44.3 Å². The molecule has 4 aromatic carbocycles. The summed E-state index contributed by atoms with van der Waals surface area (Å²) in [4.78, 5) is 30.0. The predicted molar refractivity (Wildman–Crippen MR) is 185 cm³/mol. The highest BCUT2D eigenvalue weighted by Gasteiger charge is 2.35. The lowest BCUT2D eigenvalue weighted by Gasteiger charge is -2.34. The maximum absolute atomic E-state index is 14.6. The lowest BCUT2D eigenvalue weighted by Crippen LogP contribution is -2.53. The van der Waals surface area contributed by atoms with Gasteiger partial charge in [0.2, 0.25) is 11.8 Å². The highest BCUT2D eigenvalue weighted by atomic mass is 35.5. The van der Waals surface area contributed by atoms with Crippen molar-refractivity contribution in [3.05, 3.63) is 130 Å². The first-order valence-corrected chi connectivity index (χ1v) is 17.3. The van der Waals surface area contributed by atoms with Gasteiger partial charge in [0.15, 0.2) is 0 Å². The van der Waals surface area contributed by atoms with Crippen molar-refractivity contribution in [1.29, 1.82) is 0 Å². The second-order valence-corrected chi connectivity index (χ2v) is 13.9. The number of sulfonamides is 1. The van der Waals surface area contributed by atoms with E-state index in [0.717, 1.165) is 39.4 Å².